The average Bonchev–Trinajstić information content (AvgIpc) is 2.61. The van der Waals surface area contributed by atoms with Gasteiger partial charge in [-0.05, 0) is 6.42 Å². The number of ether oxygens (including phenoxy) is 1. The Morgan fingerprint density at radius 2 is 2.44 bits per heavy atom. The minimum Gasteiger partial charge on any atom is -0.375 e. The predicted molar refractivity (Wildman–Crippen MR) is 61.3 cm³/mol. The van der Waals surface area contributed by atoms with Crippen LogP contribution in [0, 0.1) is 0 Å². The van der Waals surface area contributed by atoms with E-state index in [4.69, 9.17) is 4.74 Å². The Morgan fingerprint density at radius 1 is 1.56 bits per heavy atom. The molecule has 1 unspecified atom stereocenters. The fraction of sp³-hybridized carbons (Fsp3) is 0.818. The lowest BCUT2D eigenvalue weighted by atomic mass is 10.2. The molecule has 1 saturated heterocycles. The molecule has 2 rings (SSSR count). The molecular formula is C11H20N4O. The highest BCUT2D eigenvalue weighted by atomic mass is 16.5. The van der Waals surface area contributed by atoms with Gasteiger partial charge in [0.25, 0.3) is 0 Å². The highest BCUT2D eigenvalue weighted by Gasteiger charge is 2.17. The molecule has 1 aliphatic rings. The van der Waals surface area contributed by atoms with Crippen molar-refractivity contribution in [2.45, 2.75) is 32.3 Å². The van der Waals surface area contributed by atoms with Gasteiger partial charge in [-0.3, -0.25) is 4.68 Å². The smallest absolute Gasteiger partial charge is 0.150 e. The molecule has 0 spiro atoms. The summed E-state index contributed by atoms with van der Waals surface area (Å²) in [6.07, 6.45) is 3.13. The molecule has 90 valence electrons. The summed E-state index contributed by atoms with van der Waals surface area (Å²) >= 11 is 0. The largest absolute Gasteiger partial charge is 0.375 e. The van der Waals surface area contributed by atoms with Gasteiger partial charge in [0.1, 0.15) is 5.82 Å². The van der Waals surface area contributed by atoms with Gasteiger partial charge in [0.2, 0.25) is 0 Å². The van der Waals surface area contributed by atoms with E-state index in [1.54, 1.807) is 0 Å². The fourth-order valence-electron chi connectivity index (χ4n) is 1.94. The lowest BCUT2D eigenvalue weighted by molar-refractivity contribution is 0.0275. The topological polar surface area (TPSA) is 52.0 Å². The van der Waals surface area contributed by atoms with Crippen LogP contribution < -0.4 is 5.32 Å². The van der Waals surface area contributed by atoms with Crippen molar-refractivity contribution in [2.75, 3.05) is 19.7 Å². The van der Waals surface area contributed by atoms with Crippen LogP contribution in [0.4, 0.5) is 0 Å². The van der Waals surface area contributed by atoms with Gasteiger partial charge >= 0.3 is 0 Å². The van der Waals surface area contributed by atoms with E-state index in [0.29, 0.717) is 0 Å². The first-order valence-electron chi connectivity index (χ1n) is 6.00. The normalized spacial score (nSPS) is 21.2. The molecule has 0 amide bonds. The van der Waals surface area contributed by atoms with Crippen LogP contribution in [0.1, 0.15) is 25.0 Å². The zero-order valence-electron chi connectivity index (χ0n) is 10.1. The number of rotatable bonds is 4. The van der Waals surface area contributed by atoms with E-state index in [1.165, 1.54) is 0 Å². The zero-order chi connectivity index (χ0) is 11.4. The molecule has 5 nitrogen and oxygen atoms in total. The van der Waals surface area contributed by atoms with Gasteiger partial charge < -0.3 is 10.1 Å². The standard InChI is InChI=1S/C11H20N4O/c1-3-4-10-13-11(15(2)14-10)7-9-8-12-5-6-16-9/h9,12H,3-8H2,1-2H3. The maximum absolute atomic E-state index is 5.66. The minimum atomic E-state index is 0.242. The third kappa shape index (κ3) is 2.80. The van der Waals surface area contributed by atoms with Gasteiger partial charge in [0.15, 0.2) is 5.82 Å². The van der Waals surface area contributed by atoms with Gasteiger partial charge in [0, 0.05) is 33.0 Å². The van der Waals surface area contributed by atoms with E-state index in [-0.39, 0.29) is 6.10 Å². The first-order chi connectivity index (χ1) is 7.79. The van der Waals surface area contributed by atoms with Crippen LogP contribution in [-0.4, -0.2) is 40.6 Å². The summed E-state index contributed by atoms with van der Waals surface area (Å²) in [5.74, 6) is 1.97. The van der Waals surface area contributed by atoms with Crippen LogP contribution in [0.3, 0.4) is 0 Å². The third-order valence-corrected chi connectivity index (χ3v) is 2.79. The summed E-state index contributed by atoms with van der Waals surface area (Å²) in [5, 5.41) is 7.72. The van der Waals surface area contributed by atoms with E-state index in [1.807, 2.05) is 11.7 Å². The molecule has 1 aromatic rings. The molecule has 0 aromatic carbocycles. The van der Waals surface area contributed by atoms with Crippen molar-refractivity contribution in [2.24, 2.45) is 7.05 Å². The van der Waals surface area contributed by atoms with E-state index in [2.05, 4.69) is 22.3 Å². The molecule has 16 heavy (non-hydrogen) atoms. The van der Waals surface area contributed by atoms with E-state index in [0.717, 1.165) is 50.6 Å². The number of morpholine rings is 1. The summed E-state index contributed by atoms with van der Waals surface area (Å²) < 4.78 is 7.54. The summed E-state index contributed by atoms with van der Waals surface area (Å²) in [6.45, 7) is 4.81. The average molecular weight is 224 g/mol. The second kappa shape index (κ2) is 5.41. The van der Waals surface area contributed by atoms with Crippen molar-refractivity contribution in [1.29, 1.82) is 0 Å². The summed E-state index contributed by atoms with van der Waals surface area (Å²) in [7, 11) is 1.96. The highest BCUT2D eigenvalue weighted by molar-refractivity contribution is 4.95. The number of hydrogen-bond donors (Lipinski definition) is 1. The molecule has 1 aromatic heterocycles. The molecular weight excluding hydrogens is 204 g/mol. The fourth-order valence-corrected chi connectivity index (χ4v) is 1.94. The molecule has 0 saturated carbocycles. The number of aryl methyl sites for hydroxylation is 2. The Balaban J connectivity index is 1.96. The van der Waals surface area contributed by atoms with Crippen LogP contribution in [0.2, 0.25) is 0 Å². The molecule has 1 aliphatic heterocycles. The van der Waals surface area contributed by atoms with Crippen molar-refractivity contribution in [3.05, 3.63) is 11.6 Å². The first-order valence-corrected chi connectivity index (χ1v) is 6.00. The van der Waals surface area contributed by atoms with Crippen LogP contribution >= 0.6 is 0 Å². The highest BCUT2D eigenvalue weighted by Crippen LogP contribution is 2.06. The molecule has 2 heterocycles. The summed E-state index contributed by atoms with van der Waals surface area (Å²) in [4.78, 5) is 4.54. The second-order valence-electron chi connectivity index (χ2n) is 4.22. The maximum Gasteiger partial charge on any atom is 0.150 e. The number of nitrogens with zero attached hydrogens (tertiary/aromatic N) is 3. The molecule has 0 aliphatic carbocycles. The van der Waals surface area contributed by atoms with E-state index in [9.17, 15) is 0 Å². The SMILES string of the molecule is CCCc1nc(CC2CNCCO2)n(C)n1. The lowest BCUT2D eigenvalue weighted by Gasteiger charge is -2.22. The Labute approximate surface area is 96.2 Å². The molecule has 0 bridgehead atoms. The van der Waals surface area contributed by atoms with Gasteiger partial charge in [0.05, 0.1) is 12.7 Å². The maximum atomic E-state index is 5.66. The predicted octanol–water partition coefficient (Wildman–Crippen LogP) is 0.299. The van der Waals surface area contributed by atoms with Gasteiger partial charge in [-0.1, -0.05) is 6.92 Å². The van der Waals surface area contributed by atoms with Gasteiger partial charge in [-0.25, -0.2) is 4.98 Å². The first kappa shape index (κ1) is 11.5. The van der Waals surface area contributed by atoms with Crippen LogP contribution in [0.15, 0.2) is 0 Å². The molecule has 1 atom stereocenters. The van der Waals surface area contributed by atoms with Gasteiger partial charge in [-0.15, -0.1) is 0 Å². The van der Waals surface area contributed by atoms with Crippen LogP contribution in [-0.2, 0) is 24.6 Å². The molecule has 5 heteroatoms. The van der Waals surface area contributed by atoms with Crippen molar-refractivity contribution in [3.63, 3.8) is 0 Å². The van der Waals surface area contributed by atoms with Crippen molar-refractivity contribution in [3.8, 4) is 0 Å². The van der Waals surface area contributed by atoms with Gasteiger partial charge in [-0.2, -0.15) is 5.10 Å². The van der Waals surface area contributed by atoms with Crippen LogP contribution in [0.25, 0.3) is 0 Å². The van der Waals surface area contributed by atoms with Crippen molar-refractivity contribution < 1.29 is 4.74 Å². The van der Waals surface area contributed by atoms with Crippen LogP contribution in [0.5, 0.6) is 0 Å². The van der Waals surface area contributed by atoms with E-state index < -0.39 is 0 Å². The zero-order valence-corrected chi connectivity index (χ0v) is 10.1. The van der Waals surface area contributed by atoms with E-state index >= 15 is 0 Å². The number of hydrogen-bond acceptors (Lipinski definition) is 4. The van der Waals surface area contributed by atoms with Crippen molar-refractivity contribution >= 4 is 0 Å². The number of nitrogens with one attached hydrogen (secondary N) is 1. The third-order valence-electron chi connectivity index (χ3n) is 2.79. The Hall–Kier alpha value is -0.940. The second-order valence-corrected chi connectivity index (χ2v) is 4.22. The Bertz CT molecular complexity index is 331. The summed E-state index contributed by atoms with van der Waals surface area (Å²) in [6, 6.07) is 0. The minimum absolute atomic E-state index is 0.242. The Kier molecular flexibility index (Phi) is 3.90. The molecule has 1 N–H and O–H groups in total. The monoisotopic (exact) mass is 224 g/mol. The quantitative estimate of drug-likeness (QED) is 0.799. The number of aromatic nitrogens is 3. The molecule has 1 fully saturated rings. The molecule has 0 radical (unpaired) electrons. The lowest BCUT2D eigenvalue weighted by Crippen LogP contribution is -2.40. The summed E-state index contributed by atoms with van der Waals surface area (Å²) in [5.41, 5.74) is 0. The Morgan fingerprint density at radius 3 is 3.12 bits per heavy atom. The van der Waals surface area contributed by atoms with Crippen molar-refractivity contribution in [1.82, 2.24) is 20.1 Å².